The molecule has 0 aliphatic carbocycles. The molecule has 3 nitrogen and oxygen atoms in total. The van der Waals surface area contributed by atoms with Gasteiger partial charge in [0.05, 0.1) is 6.07 Å². The van der Waals surface area contributed by atoms with E-state index in [-0.39, 0.29) is 5.91 Å². The Morgan fingerprint density at radius 1 is 1.19 bits per heavy atom. The molecule has 0 spiro atoms. The second-order valence-corrected chi connectivity index (χ2v) is 4.89. The predicted molar refractivity (Wildman–Crippen MR) is 84.0 cm³/mol. The van der Waals surface area contributed by atoms with Crippen LogP contribution in [0.5, 0.6) is 0 Å². The van der Waals surface area contributed by atoms with Crippen LogP contribution in [0.1, 0.15) is 24.0 Å². The lowest BCUT2D eigenvalue weighted by atomic mass is 9.99. The molecule has 0 fully saturated rings. The maximum atomic E-state index is 12.7. The van der Waals surface area contributed by atoms with Crippen molar-refractivity contribution < 1.29 is 4.79 Å². The summed E-state index contributed by atoms with van der Waals surface area (Å²) >= 11 is 0. The average molecular weight is 278 g/mol. The smallest absolute Gasteiger partial charge is 0.248 e. The van der Waals surface area contributed by atoms with Gasteiger partial charge in [-0.05, 0) is 37.1 Å². The van der Waals surface area contributed by atoms with Crippen molar-refractivity contribution in [2.45, 2.75) is 19.8 Å². The number of aryl methyl sites for hydroxylation is 1. The van der Waals surface area contributed by atoms with E-state index in [0.717, 1.165) is 16.8 Å². The van der Waals surface area contributed by atoms with Gasteiger partial charge in [0.2, 0.25) is 5.91 Å². The standard InChI is InChI=1S/C18H18N2O/c1-3-20(16-11-7-8-14(2)12-16)18(21)17(13-19)15-9-5-4-6-10-15/h4-12,17H,3H2,1-2H3. The number of rotatable bonds is 4. The molecule has 0 heterocycles. The third-order valence-electron chi connectivity index (χ3n) is 3.40. The predicted octanol–water partition coefficient (Wildman–Crippen LogP) is 3.66. The minimum absolute atomic E-state index is 0.184. The first kappa shape index (κ1) is 14.8. The Balaban J connectivity index is 2.34. The van der Waals surface area contributed by atoms with E-state index in [1.807, 2.05) is 68.4 Å². The van der Waals surface area contributed by atoms with Crippen LogP contribution in [0.4, 0.5) is 5.69 Å². The number of anilines is 1. The second kappa shape index (κ2) is 6.71. The molecule has 0 aromatic heterocycles. The molecule has 2 aromatic rings. The maximum Gasteiger partial charge on any atom is 0.248 e. The molecule has 0 saturated carbocycles. The van der Waals surface area contributed by atoms with Crippen LogP contribution in [0.15, 0.2) is 54.6 Å². The zero-order chi connectivity index (χ0) is 15.2. The van der Waals surface area contributed by atoms with E-state index in [0.29, 0.717) is 6.54 Å². The number of nitrogens with zero attached hydrogens (tertiary/aromatic N) is 2. The molecule has 2 aromatic carbocycles. The first-order valence-electron chi connectivity index (χ1n) is 7.00. The van der Waals surface area contributed by atoms with Crippen molar-refractivity contribution >= 4 is 11.6 Å². The lowest BCUT2D eigenvalue weighted by molar-refractivity contribution is -0.118. The monoisotopic (exact) mass is 278 g/mol. The van der Waals surface area contributed by atoms with Gasteiger partial charge in [-0.1, -0.05) is 42.5 Å². The Kier molecular flexibility index (Phi) is 4.73. The maximum absolute atomic E-state index is 12.7. The number of hydrogen-bond acceptors (Lipinski definition) is 2. The summed E-state index contributed by atoms with van der Waals surface area (Å²) in [6.07, 6.45) is 0. The quantitative estimate of drug-likeness (QED) is 0.856. The third-order valence-corrected chi connectivity index (χ3v) is 3.40. The van der Waals surface area contributed by atoms with E-state index >= 15 is 0 Å². The van der Waals surface area contributed by atoms with Crippen LogP contribution in [0.25, 0.3) is 0 Å². The average Bonchev–Trinajstić information content (AvgIpc) is 2.50. The van der Waals surface area contributed by atoms with E-state index in [1.165, 1.54) is 0 Å². The summed E-state index contributed by atoms with van der Waals surface area (Å²) in [5.74, 6) is -0.955. The molecule has 21 heavy (non-hydrogen) atoms. The highest BCUT2D eigenvalue weighted by Gasteiger charge is 2.25. The topological polar surface area (TPSA) is 44.1 Å². The van der Waals surface area contributed by atoms with Crippen molar-refractivity contribution in [2.24, 2.45) is 0 Å². The molecule has 0 N–H and O–H groups in total. The third kappa shape index (κ3) is 3.29. The Bertz CT molecular complexity index is 658. The largest absolute Gasteiger partial charge is 0.311 e. The van der Waals surface area contributed by atoms with Crippen molar-refractivity contribution in [3.05, 3.63) is 65.7 Å². The van der Waals surface area contributed by atoms with Gasteiger partial charge in [0.1, 0.15) is 0 Å². The molecule has 1 unspecified atom stereocenters. The molecule has 106 valence electrons. The van der Waals surface area contributed by atoms with E-state index in [1.54, 1.807) is 4.90 Å². The summed E-state index contributed by atoms with van der Waals surface area (Å²) in [7, 11) is 0. The van der Waals surface area contributed by atoms with Gasteiger partial charge in [0, 0.05) is 12.2 Å². The first-order valence-corrected chi connectivity index (χ1v) is 7.00. The number of hydrogen-bond donors (Lipinski definition) is 0. The fourth-order valence-electron chi connectivity index (χ4n) is 2.34. The summed E-state index contributed by atoms with van der Waals surface area (Å²) in [6.45, 7) is 4.44. The minimum Gasteiger partial charge on any atom is -0.311 e. The van der Waals surface area contributed by atoms with Gasteiger partial charge in [-0.25, -0.2) is 0 Å². The molecule has 3 heteroatoms. The number of likely N-dealkylation sites (N-methyl/N-ethyl adjacent to an activating group) is 1. The molecular formula is C18H18N2O. The number of nitriles is 1. The summed E-state index contributed by atoms with van der Waals surface area (Å²) in [4.78, 5) is 14.4. The van der Waals surface area contributed by atoms with Crippen molar-refractivity contribution in [2.75, 3.05) is 11.4 Å². The van der Waals surface area contributed by atoms with Crippen molar-refractivity contribution in [1.29, 1.82) is 5.26 Å². The molecule has 1 amide bonds. The van der Waals surface area contributed by atoms with E-state index < -0.39 is 5.92 Å². The Hall–Kier alpha value is -2.60. The molecule has 1 atom stereocenters. The SMILES string of the molecule is CCN(C(=O)C(C#N)c1ccccc1)c1cccc(C)c1. The Morgan fingerprint density at radius 2 is 1.90 bits per heavy atom. The van der Waals surface area contributed by atoms with Crippen LogP contribution in [-0.2, 0) is 4.79 Å². The van der Waals surface area contributed by atoms with Gasteiger partial charge in [0.15, 0.2) is 5.92 Å². The number of amides is 1. The second-order valence-electron chi connectivity index (χ2n) is 4.89. The van der Waals surface area contributed by atoms with Crippen LogP contribution in [0.3, 0.4) is 0 Å². The van der Waals surface area contributed by atoms with E-state index in [9.17, 15) is 10.1 Å². The van der Waals surface area contributed by atoms with Crippen LogP contribution in [0.2, 0.25) is 0 Å². The van der Waals surface area contributed by atoms with Crippen LogP contribution in [0, 0.1) is 18.3 Å². The van der Waals surface area contributed by atoms with E-state index in [2.05, 4.69) is 6.07 Å². The molecule has 0 radical (unpaired) electrons. The summed E-state index contributed by atoms with van der Waals surface area (Å²) in [5.41, 5.74) is 2.65. The zero-order valence-corrected chi connectivity index (χ0v) is 12.3. The van der Waals surface area contributed by atoms with Crippen molar-refractivity contribution in [3.63, 3.8) is 0 Å². The van der Waals surface area contributed by atoms with E-state index in [4.69, 9.17) is 0 Å². The molecular weight excluding hydrogens is 260 g/mol. The molecule has 0 saturated heterocycles. The highest BCUT2D eigenvalue weighted by Crippen LogP contribution is 2.23. The highest BCUT2D eigenvalue weighted by atomic mass is 16.2. The lowest BCUT2D eigenvalue weighted by Gasteiger charge is -2.24. The van der Waals surface area contributed by atoms with Gasteiger partial charge >= 0.3 is 0 Å². The van der Waals surface area contributed by atoms with Crippen molar-refractivity contribution in [3.8, 4) is 6.07 Å². The minimum atomic E-state index is -0.772. The van der Waals surface area contributed by atoms with Crippen LogP contribution < -0.4 is 4.90 Å². The molecule has 2 rings (SSSR count). The van der Waals surface area contributed by atoms with Gasteiger partial charge in [-0.15, -0.1) is 0 Å². The summed E-state index contributed by atoms with van der Waals surface area (Å²) in [5, 5.41) is 9.40. The van der Waals surface area contributed by atoms with Gasteiger partial charge in [-0.3, -0.25) is 4.79 Å². The summed E-state index contributed by atoms with van der Waals surface area (Å²) < 4.78 is 0. The van der Waals surface area contributed by atoms with Crippen LogP contribution >= 0.6 is 0 Å². The van der Waals surface area contributed by atoms with Crippen LogP contribution in [-0.4, -0.2) is 12.5 Å². The first-order chi connectivity index (χ1) is 10.2. The number of carbonyl (C=O) groups excluding carboxylic acids is 1. The fraction of sp³-hybridized carbons (Fsp3) is 0.222. The highest BCUT2D eigenvalue weighted by molar-refractivity contribution is 5.99. The Labute approximate surface area is 125 Å². The van der Waals surface area contributed by atoms with Gasteiger partial charge in [0.25, 0.3) is 0 Å². The van der Waals surface area contributed by atoms with Crippen molar-refractivity contribution in [1.82, 2.24) is 0 Å². The number of carbonyl (C=O) groups is 1. The fourth-order valence-corrected chi connectivity index (χ4v) is 2.34. The van der Waals surface area contributed by atoms with Gasteiger partial charge < -0.3 is 4.90 Å². The number of benzene rings is 2. The normalized spacial score (nSPS) is 11.5. The lowest BCUT2D eigenvalue weighted by Crippen LogP contribution is -2.34. The molecule has 0 aliphatic rings. The molecule has 0 aliphatic heterocycles. The zero-order valence-electron chi connectivity index (χ0n) is 12.3. The molecule has 0 bridgehead atoms. The van der Waals surface area contributed by atoms with Gasteiger partial charge in [-0.2, -0.15) is 5.26 Å². The Morgan fingerprint density at radius 3 is 2.48 bits per heavy atom. The summed E-state index contributed by atoms with van der Waals surface area (Å²) in [6, 6.07) is 19.1.